The highest BCUT2D eigenvalue weighted by Crippen LogP contribution is 2.17. The van der Waals surface area contributed by atoms with Crippen LogP contribution in [-0.4, -0.2) is 48.0 Å². The van der Waals surface area contributed by atoms with Gasteiger partial charge in [0.25, 0.3) is 0 Å². The lowest BCUT2D eigenvalue weighted by atomic mass is 10.2. The SMILES string of the molecule is CN(Cc1cccnc1N)CC1CCCN1C. The molecule has 1 aromatic heterocycles. The van der Waals surface area contributed by atoms with Gasteiger partial charge >= 0.3 is 0 Å². The third kappa shape index (κ3) is 3.17. The van der Waals surface area contributed by atoms with E-state index in [1.54, 1.807) is 6.20 Å². The van der Waals surface area contributed by atoms with Crippen molar-refractivity contribution >= 4 is 5.82 Å². The van der Waals surface area contributed by atoms with E-state index in [-0.39, 0.29) is 0 Å². The van der Waals surface area contributed by atoms with Crippen molar-refractivity contribution in [3.05, 3.63) is 23.9 Å². The highest BCUT2D eigenvalue weighted by Gasteiger charge is 2.22. The molecule has 0 amide bonds. The number of likely N-dealkylation sites (tertiary alicyclic amines) is 1. The Morgan fingerprint density at radius 2 is 2.41 bits per heavy atom. The summed E-state index contributed by atoms with van der Waals surface area (Å²) in [6, 6.07) is 4.69. The Kier molecular flexibility index (Phi) is 3.97. The van der Waals surface area contributed by atoms with Crippen LogP contribution in [0.15, 0.2) is 18.3 Å². The number of pyridine rings is 1. The molecule has 4 nitrogen and oxygen atoms in total. The molecule has 0 aromatic carbocycles. The van der Waals surface area contributed by atoms with Crippen molar-refractivity contribution in [3.8, 4) is 0 Å². The van der Waals surface area contributed by atoms with Crippen molar-refractivity contribution in [2.24, 2.45) is 0 Å². The molecule has 1 unspecified atom stereocenters. The lowest BCUT2D eigenvalue weighted by molar-refractivity contribution is 0.215. The second kappa shape index (κ2) is 5.47. The minimum absolute atomic E-state index is 0.652. The summed E-state index contributed by atoms with van der Waals surface area (Å²) in [7, 11) is 4.36. The van der Waals surface area contributed by atoms with Gasteiger partial charge in [-0.25, -0.2) is 4.98 Å². The van der Waals surface area contributed by atoms with Crippen molar-refractivity contribution in [1.29, 1.82) is 0 Å². The van der Waals surface area contributed by atoms with E-state index in [9.17, 15) is 0 Å². The zero-order chi connectivity index (χ0) is 12.3. The normalized spacial score (nSPS) is 21.2. The molecule has 4 heteroatoms. The molecule has 1 atom stereocenters. The van der Waals surface area contributed by atoms with Crippen molar-refractivity contribution in [1.82, 2.24) is 14.8 Å². The van der Waals surface area contributed by atoms with Crippen molar-refractivity contribution < 1.29 is 0 Å². The Morgan fingerprint density at radius 1 is 1.59 bits per heavy atom. The van der Waals surface area contributed by atoms with Gasteiger partial charge in [-0.05, 0) is 39.5 Å². The topological polar surface area (TPSA) is 45.4 Å². The molecule has 0 radical (unpaired) electrons. The number of rotatable bonds is 4. The third-order valence-electron chi connectivity index (χ3n) is 3.56. The smallest absolute Gasteiger partial charge is 0.127 e. The predicted octanol–water partition coefficient (Wildman–Crippen LogP) is 1.19. The molecule has 1 fully saturated rings. The van der Waals surface area contributed by atoms with Crippen molar-refractivity contribution in [3.63, 3.8) is 0 Å². The minimum Gasteiger partial charge on any atom is -0.383 e. The van der Waals surface area contributed by atoms with Crippen LogP contribution in [0.4, 0.5) is 5.82 Å². The maximum atomic E-state index is 5.86. The first-order chi connectivity index (χ1) is 8.16. The van der Waals surface area contributed by atoms with E-state index in [0.29, 0.717) is 11.9 Å². The maximum absolute atomic E-state index is 5.86. The van der Waals surface area contributed by atoms with E-state index in [1.807, 2.05) is 6.07 Å². The fraction of sp³-hybridized carbons (Fsp3) is 0.615. The van der Waals surface area contributed by atoms with E-state index in [2.05, 4.69) is 34.9 Å². The number of hydrogen-bond acceptors (Lipinski definition) is 4. The Labute approximate surface area is 103 Å². The first-order valence-corrected chi connectivity index (χ1v) is 6.25. The Bertz CT molecular complexity index is 366. The van der Waals surface area contributed by atoms with Crippen LogP contribution in [0.25, 0.3) is 0 Å². The molecule has 0 bridgehead atoms. The molecule has 2 rings (SSSR count). The van der Waals surface area contributed by atoms with E-state index in [0.717, 1.165) is 18.7 Å². The lowest BCUT2D eigenvalue weighted by Crippen LogP contribution is -2.36. The van der Waals surface area contributed by atoms with E-state index >= 15 is 0 Å². The summed E-state index contributed by atoms with van der Waals surface area (Å²) in [5, 5.41) is 0. The van der Waals surface area contributed by atoms with Crippen LogP contribution in [0.3, 0.4) is 0 Å². The zero-order valence-corrected chi connectivity index (χ0v) is 10.8. The zero-order valence-electron chi connectivity index (χ0n) is 10.8. The summed E-state index contributed by atoms with van der Waals surface area (Å²) in [4.78, 5) is 8.90. The molecule has 0 saturated carbocycles. The molecule has 1 aliphatic heterocycles. The van der Waals surface area contributed by atoms with Crippen molar-refractivity contribution in [2.75, 3.05) is 32.9 Å². The molecule has 1 saturated heterocycles. The molecule has 1 aliphatic rings. The van der Waals surface area contributed by atoms with Crippen LogP contribution >= 0.6 is 0 Å². The van der Waals surface area contributed by atoms with Gasteiger partial charge in [0.15, 0.2) is 0 Å². The third-order valence-corrected chi connectivity index (χ3v) is 3.56. The highest BCUT2D eigenvalue weighted by molar-refractivity contribution is 5.38. The lowest BCUT2D eigenvalue weighted by Gasteiger charge is -2.25. The molecular weight excluding hydrogens is 212 g/mol. The van der Waals surface area contributed by atoms with Crippen LogP contribution in [0, 0.1) is 0 Å². The maximum Gasteiger partial charge on any atom is 0.127 e. The van der Waals surface area contributed by atoms with Gasteiger partial charge in [0.05, 0.1) is 0 Å². The summed E-state index contributed by atoms with van der Waals surface area (Å²) in [6.45, 7) is 3.21. The average Bonchev–Trinajstić information content (AvgIpc) is 2.68. The Morgan fingerprint density at radius 3 is 3.06 bits per heavy atom. The molecule has 1 aromatic rings. The molecule has 94 valence electrons. The highest BCUT2D eigenvalue weighted by atomic mass is 15.2. The van der Waals surface area contributed by atoms with Gasteiger partial charge < -0.3 is 15.5 Å². The number of nitrogens with zero attached hydrogens (tertiary/aromatic N) is 3. The van der Waals surface area contributed by atoms with Gasteiger partial charge in [-0.1, -0.05) is 6.07 Å². The summed E-state index contributed by atoms with van der Waals surface area (Å²) in [5.41, 5.74) is 6.98. The standard InChI is InChI=1S/C13H22N4/c1-16(10-12-6-4-8-17(12)2)9-11-5-3-7-15-13(11)14/h3,5,7,12H,4,6,8-10H2,1-2H3,(H2,14,15). The number of aromatic nitrogens is 1. The van der Waals surface area contributed by atoms with Gasteiger partial charge in [-0.2, -0.15) is 0 Å². The number of nitrogens with two attached hydrogens (primary N) is 1. The summed E-state index contributed by atoms with van der Waals surface area (Å²) >= 11 is 0. The van der Waals surface area contributed by atoms with E-state index in [1.165, 1.54) is 19.4 Å². The number of hydrogen-bond donors (Lipinski definition) is 1. The number of nitrogen functional groups attached to an aromatic ring is 1. The average molecular weight is 234 g/mol. The predicted molar refractivity (Wildman–Crippen MR) is 70.6 cm³/mol. The molecule has 2 N–H and O–H groups in total. The van der Waals surface area contributed by atoms with Gasteiger partial charge in [-0.3, -0.25) is 0 Å². The first-order valence-electron chi connectivity index (χ1n) is 6.25. The van der Waals surface area contributed by atoms with Crippen LogP contribution in [0.1, 0.15) is 18.4 Å². The molecule has 0 spiro atoms. The van der Waals surface area contributed by atoms with Gasteiger partial charge in [-0.15, -0.1) is 0 Å². The largest absolute Gasteiger partial charge is 0.383 e. The fourth-order valence-corrected chi connectivity index (χ4v) is 2.51. The van der Waals surface area contributed by atoms with Crippen LogP contribution in [0.2, 0.25) is 0 Å². The van der Waals surface area contributed by atoms with E-state index in [4.69, 9.17) is 5.73 Å². The van der Waals surface area contributed by atoms with Gasteiger partial charge in [0.1, 0.15) is 5.82 Å². The van der Waals surface area contributed by atoms with Crippen LogP contribution < -0.4 is 5.73 Å². The number of likely N-dealkylation sites (N-methyl/N-ethyl adjacent to an activating group) is 2. The Balaban J connectivity index is 1.89. The summed E-state index contributed by atoms with van der Waals surface area (Å²) in [5.74, 6) is 0.652. The van der Waals surface area contributed by atoms with E-state index < -0.39 is 0 Å². The Hall–Kier alpha value is -1.13. The van der Waals surface area contributed by atoms with Crippen molar-refractivity contribution in [2.45, 2.75) is 25.4 Å². The minimum atomic E-state index is 0.652. The summed E-state index contributed by atoms with van der Waals surface area (Å²) in [6.07, 6.45) is 4.37. The fourth-order valence-electron chi connectivity index (χ4n) is 2.51. The van der Waals surface area contributed by atoms with Crippen LogP contribution in [0.5, 0.6) is 0 Å². The quantitative estimate of drug-likeness (QED) is 0.850. The second-order valence-corrected chi connectivity index (χ2v) is 5.02. The van der Waals surface area contributed by atoms with Gasteiger partial charge in [0.2, 0.25) is 0 Å². The first kappa shape index (κ1) is 12.3. The monoisotopic (exact) mass is 234 g/mol. The molecule has 17 heavy (non-hydrogen) atoms. The second-order valence-electron chi connectivity index (χ2n) is 5.02. The molecule has 0 aliphatic carbocycles. The van der Waals surface area contributed by atoms with Crippen LogP contribution in [-0.2, 0) is 6.54 Å². The number of anilines is 1. The summed E-state index contributed by atoms with van der Waals surface area (Å²) < 4.78 is 0. The van der Waals surface area contributed by atoms with Gasteiger partial charge in [0, 0.05) is 30.9 Å². The molecule has 2 heterocycles. The molecular formula is C13H22N4.